The molecule has 25 heavy (non-hydrogen) atoms. The third-order valence-electron chi connectivity index (χ3n) is 3.85. The normalized spacial score (nSPS) is 10.5. The number of rotatable bonds is 12. The zero-order valence-corrected chi connectivity index (χ0v) is 15.4. The van der Waals surface area contributed by atoms with E-state index in [0.717, 1.165) is 51.4 Å². The summed E-state index contributed by atoms with van der Waals surface area (Å²) in [5.41, 5.74) is 0.321. The smallest absolute Gasteiger partial charge is 0.338 e. The standard InChI is InChI=1S/C20H30O5/c1-3-5-7-9-11-24-19(22)16-13-17(15-18(21)14-16)20(23)25-12-10-8-6-4-2/h13-15,21H,3-12H2,1-2H3. The zero-order chi connectivity index (χ0) is 18.5. The molecule has 0 unspecified atom stereocenters. The first-order valence-corrected chi connectivity index (χ1v) is 9.26. The van der Waals surface area contributed by atoms with E-state index in [4.69, 9.17) is 9.47 Å². The van der Waals surface area contributed by atoms with Crippen molar-refractivity contribution >= 4 is 11.9 Å². The molecule has 0 amide bonds. The van der Waals surface area contributed by atoms with Gasteiger partial charge in [-0.25, -0.2) is 9.59 Å². The van der Waals surface area contributed by atoms with Crippen LogP contribution in [0.5, 0.6) is 5.75 Å². The Morgan fingerprint density at radius 3 is 1.60 bits per heavy atom. The van der Waals surface area contributed by atoms with E-state index in [-0.39, 0.29) is 16.9 Å². The van der Waals surface area contributed by atoms with Gasteiger partial charge in [0.05, 0.1) is 24.3 Å². The van der Waals surface area contributed by atoms with Crippen LogP contribution in [0, 0.1) is 0 Å². The lowest BCUT2D eigenvalue weighted by atomic mass is 10.1. The van der Waals surface area contributed by atoms with Crippen LogP contribution in [0.15, 0.2) is 18.2 Å². The monoisotopic (exact) mass is 350 g/mol. The summed E-state index contributed by atoms with van der Waals surface area (Å²) >= 11 is 0. The van der Waals surface area contributed by atoms with Crippen molar-refractivity contribution in [1.29, 1.82) is 0 Å². The van der Waals surface area contributed by atoms with Gasteiger partial charge in [0.15, 0.2) is 0 Å². The van der Waals surface area contributed by atoms with Crippen LogP contribution in [0.4, 0.5) is 0 Å². The van der Waals surface area contributed by atoms with Gasteiger partial charge in [-0.3, -0.25) is 0 Å². The Balaban J connectivity index is 2.53. The quantitative estimate of drug-likeness (QED) is 0.430. The van der Waals surface area contributed by atoms with Crippen LogP contribution in [0.2, 0.25) is 0 Å². The minimum absolute atomic E-state index is 0.154. The van der Waals surface area contributed by atoms with E-state index in [9.17, 15) is 14.7 Å². The maximum Gasteiger partial charge on any atom is 0.338 e. The van der Waals surface area contributed by atoms with Gasteiger partial charge >= 0.3 is 11.9 Å². The Bertz CT molecular complexity index is 495. The minimum Gasteiger partial charge on any atom is -0.508 e. The van der Waals surface area contributed by atoms with Gasteiger partial charge in [-0.1, -0.05) is 52.4 Å². The molecular weight excluding hydrogens is 320 g/mol. The molecule has 5 heteroatoms. The number of aromatic hydroxyl groups is 1. The van der Waals surface area contributed by atoms with Gasteiger partial charge < -0.3 is 14.6 Å². The summed E-state index contributed by atoms with van der Waals surface area (Å²) in [5.74, 6) is -1.23. The Kier molecular flexibility index (Phi) is 10.4. The highest BCUT2D eigenvalue weighted by molar-refractivity contribution is 5.96. The number of phenolic OH excluding ortho intramolecular Hbond substituents is 1. The molecule has 0 fully saturated rings. The first-order valence-electron chi connectivity index (χ1n) is 9.26. The summed E-state index contributed by atoms with van der Waals surface area (Å²) in [5, 5.41) is 9.76. The molecule has 0 aliphatic heterocycles. The van der Waals surface area contributed by atoms with E-state index in [0.29, 0.717) is 13.2 Å². The molecule has 0 aromatic heterocycles. The second-order valence-corrected chi connectivity index (χ2v) is 6.16. The van der Waals surface area contributed by atoms with Crippen molar-refractivity contribution in [2.45, 2.75) is 65.2 Å². The average molecular weight is 350 g/mol. The minimum atomic E-state index is -0.538. The molecule has 0 atom stereocenters. The Morgan fingerprint density at radius 2 is 1.20 bits per heavy atom. The SMILES string of the molecule is CCCCCCOC(=O)c1cc(O)cc(C(=O)OCCCCCC)c1. The predicted octanol–water partition coefficient (Wildman–Crippen LogP) is 4.87. The van der Waals surface area contributed by atoms with Gasteiger partial charge in [0, 0.05) is 0 Å². The predicted molar refractivity (Wildman–Crippen MR) is 97.0 cm³/mol. The van der Waals surface area contributed by atoms with Crippen LogP contribution in [-0.4, -0.2) is 30.3 Å². The molecule has 5 nitrogen and oxygen atoms in total. The van der Waals surface area contributed by atoms with Gasteiger partial charge in [0.25, 0.3) is 0 Å². The number of carbonyl (C=O) groups excluding carboxylic acids is 2. The number of hydrogen-bond donors (Lipinski definition) is 1. The second-order valence-electron chi connectivity index (χ2n) is 6.16. The molecule has 0 radical (unpaired) electrons. The van der Waals surface area contributed by atoms with Crippen molar-refractivity contribution < 1.29 is 24.2 Å². The summed E-state index contributed by atoms with van der Waals surface area (Å²) in [7, 11) is 0. The fourth-order valence-electron chi connectivity index (χ4n) is 2.40. The molecule has 0 heterocycles. The van der Waals surface area contributed by atoms with Gasteiger partial charge in [0.2, 0.25) is 0 Å². The van der Waals surface area contributed by atoms with E-state index in [1.54, 1.807) is 0 Å². The van der Waals surface area contributed by atoms with Crippen LogP contribution in [0.3, 0.4) is 0 Å². The van der Waals surface area contributed by atoms with Crippen molar-refractivity contribution in [3.05, 3.63) is 29.3 Å². The first-order chi connectivity index (χ1) is 12.1. The van der Waals surface area contributed by atoms with Crippen molar-refractivity contribution in [3.63, 3.8) is 0 Å². The van der Waals surface area contributed by atoms with Gasteiger partial charge in [-0.15, -0.1) is 0 Å². The number of ether oxygens (including phenoxy) is 2. The van der Waals surface area contributed by atoms with E-state index >= 15 is 0 Å². The van der Waals surface area contributed by atoms with E-state index in [2.05, 4.69) is 13.8 Å². The van der Waals surface area contributed by atoms with Crippen LogP contribution < -0.4 is 0 Å². The molecule has 0 bridgehead atoms. The lowest BCUT2D eigenvalue weighted by Crippen LogP contribution is -2.10. The van der Waals surface area contributed by atoms with Crippen molar-refractivity contribution in [3.8, 4) is 5.75 Å². The molecular formula is C20H30O5. The van der Waals surface area contributed by atoms with Gasteiger partial charge in [-0.05, 0) is 31.0 Å². The molecule has 0 saturated carbocycles. The third kappa shape index (κ3) is 8.57. The van der Waals surface area contributed by atoms with Crippen molar-refractivity contribution in [1.82, 2.24) is 0 Å². The number of carbonyl (C=O) groups is 2. The zero-order valence-electron chi connectivity index (χ0n) is 15.4. The van der Waals surface area contributed by atoms with Gasteiger partial charge in [0.1, 0.15) is 5.75 Å². The molecule has 1 rings (SSSR count). The number of benzene rings is 1. The van der Waals surface area contributed by atoms with Crippen molar-refractivity contribution in [2.75, 3.05) is 13.2 Å². The van der Waals surface area contributed by atoms with Crippen LogP contribution >= 0.6 is 0 Å². The third-order valence-corrected chi connectivity index (χ3v) is 3.85. The summed E-state index contributed by atoms with van der Waals surface area (Å²) in [6.45, 7) is 4.91. The molecule has 0 spiro atoms. The van der Waals surface area contributed by atoms with Crippen LogP contribution in [0.25, 0.3) is 0 Å². The highest BCUT2D eigenvalue weighted by atomic mass is 16.5. The summed E-state index contributed by atoms with van der Waals surface area (Å²) in [6, 6.07) is 4.00. The fourth-order valence-corrected chi connectivity index (χ4v) is 2.40. The maximum absolute atomic E-state index is 12.1. The summed E-state index contributed by atoms with van der Waals surface area (Å²) in [4.78, 5) is 24.1. The molecule has 0 aliphatic rings. The number of esters is 2. The maximum atomic E-state index is 12.1. The lowest BCUT2D eigenvalue weighted by Gasteiger charge is -2.08. The van der Waals surface area contributed by atoms with Gasteiger partial charge in [-0.2, -0.15) is 0 Å². The molecule has 0 saturated heterocycles. The van der Waals surface area contributed by atoms with Crippen LogP contribution in [0.1, 0.15) is 85.9 Å². The molecule has 1 aromatic rings. The Morgan fingerprint density at radius 1 is 0.760 bits per heavy atom. The second kappa shape index (κ2) is 12.3. The summed E-state index contributed by atoms with van der Waals surface area (Å²) in [6.07, 6.45) is 8.10. The van der Waals surface area contributed by atoms with E-state index < -0.39 is 11.9 Å². The molecule has 1 aromatic carbocycles. The van der Waals surface area contributed by atoms with E-state index in [1.165, 1.54) is 18.2 Å². The lowest BCUT2D eigenvalue weighted by molar-refractivity contribution is 0.0495. The highest BCUT2D eigenvalue weighted by Crippen LogP contribution is 2.18. The Labute approximate surface area is 150 Å². The number of hydrogen-bond acceptors (Lipinski definition) is 5. The Hall–Kier alpha value is -2.04. The number of unbranched alkanes of at least 4 members (excludes halogenated alkanes) is 6. The van der Waals surface area contributed by atoms with E-state index in [1.807, 2.05) is 0 Å². The molecule has 0 aliphatic carbocycles. The number of phenols is 1. The average Bonchev–Trinajstić information content (AvgIpc) is 2.60. The summed E-state index contributed by atoms with van der Waals surface area (Å²) < 4.78 is 10.4. The molecule has 1 N–H and O–H groups in total. The fraction of sp³-hybridized carbons (Fsp3) is 0.600. The molecule has 140 valence electrons. The largest absolute Gasteiger partial charge is 0.508 e. The topological polar surface area (TPSA) is 72.8 Å². The van der Waals surface area contributed by atoms with Crippen molar-refractivity contribution in [2.24, 2.45) is 0 Å². The highest BCUT2D eigenvalue weighted by Gasteiger charge is 2.15. The first kappa shape index (κ1) is 21.0. The van der Waals surface area contributed by atoms with Crippen LogP contribution in [-0.2, 0) is 9.47 Å².